The number of likely N-dealkylation sites (tertiary alicyclic amines) is 1. The number of aliphatic hydroxyl groups is 1. The standard InChI is InChI=1S/C23H24N2O6/c26-20(25-13-23(30,14-25)21(27)28)10-5-11-24-22(29)31-12-19-17-8-3-1-6-15(17)16-7-2-4-9-18(16)19/h1-4,6-9,19,30H,5,10-14H2,(H,24,29)(H,27,28). The number of β-amino-alcohol motifs (C(OH)–C–C–N with tert-alkyl or cyclic N) is 1. The topological polar surface area (TPSA) is 116 Å². The molecule has 2 aliphatic rings. The van der Waals surface area contributed by atoms with Crippen LogP contribution in [0.25, 0.3) is 11.1 Å². The van der Waals surface area contributed by atoms with Crippen LogP contribution < -0.4 is 5.32 Å². The van der Waals surface area contributed by atoms with Crippen LogP contribution in [0.15, 0.2) is 48.5 Å². The lowest BCUT2D eigenvalue weighted by atomic mass is 9.94. The summed E-state index contributed by atoms with van der Waals surface area (Å²) in [6, 6.07) is 16.2. The molecule has 2 aromatic carbocycles. The van der Waals surface area contributed by atoms with Crippen LogP contribution in [0.4, 0.5) is 4.79 Å². The number of fused-ring (bicyclic) bond motifs is 3. The summed E-state index contributed by atoms with van der Waals surface area (Å²) in [4.78, 5) is 36.2. The van der Waals surface area contributed by atoms with E-state index in [1.165, 1.54) is 4.90 Å². The number of benzene rings is 2. The summed E-state index contributed by atoms with van der Waals surface area (Å²) in [5, 5.41) is 21.2. The number of carbonyl (C=O) groups is 3. The van der Waals surface area contributed by atoms with Crippen molar-refractivity contribution in [3.63, 3.8) is 0 Å². The third kappa shape index (κ3) is 4.11. The van der Waals surface area contributed by atoms with Gasteiger partial charge in [0.05, 0.1) is 13.1 Å². The molecule has 0 aromatic heterocycles. The summed E-state index contributed by atoms with van der Waals surface area (Å²) >= 11 is 0. The Bertz CT molecular complexity index is 969. The second-order valence-corrected chi connectivity index (χ2v) is 7.94. The van der Waals surface area contributed by atoms with Gasteiger partial charge < -0.3 is 25.2 Å². The predicted octanol–water partition coefficient (Wildman–Crippen LogP) is 1.96. The Hall–Kier alpha value is -3.39. The van der Waals surface area contributed by atoms with E-state index in [2.05, 4.69) is 17.4 Å². The van der Waals surface area contributed by atoms with Crippen LogP contribution in [0.3, 0.4) is 0 Å². The minimum absolute atomic E-state index is 0.0147. The van der Waals surface area contributed by atoms with Gasteiger partial charge in [0.2, 0.25) is 5.91 Å². The van der Waals surface area contributed by atoms with Crippen LogP contribution in [0.5, 0.6) is 0 Å². The first-order valence-corrected chi connectivity index (χ1v) is 10.2. The molecular weight excluding hydrogens is 400 g/mol. The fraction of sp³-hybridized carbons (Fsp3) is 0.348. The van der Waals surface area contributed by atoms with Crippen molar-refractivity contribution in [3.05, 3.63) is 59.7 Å². The highest BCUT2D eigenvalue weighted by Crippen LogP contribution is 2.44. The van der Waals surface area contributed by atoms with Gasteiger partial charge in [0, 0.05) is 18.9 Å². The van der Waals surface area contributed by atoms with Crippen molar-refractivity contribution < 1.29 is 29.3 Å². The molecule has 162 valence electrons. The number of aliphatic carboxylic acids is 1. The SMILES string of the molecule is O=C(NCCCC(=O)N1CC(O)(C(=O)O)C1)OCC1c2ccccc2-c2ccccc21. The molecule has 0 unspecified atom stereocenters. The summed E-state index contributed by atoms with van der Waals surface area (Å²) in [5.74, 6) is -1.59. The van der Waals surface area contributed by atoms with Crippen molar-refractivity contribution in [1.29, 1.82) is 0 Å². The smallest absolute Gasteiger partial charge is 0.407 e. The van der Waals surface area contributed by atoms with E-state index in [-0.39, 0.29) is 44.5 Å². The molecule has 1 heterocycles. The van der Waals surface area contributed by atoms with E-state index in [1.54, 1.807) is 0 Å². The van der Waals surface area contributed by atoms with Gasteiger partial charge in [0.15, 0.2) is 5.60 Å². The number of amides is 2. The summed E-state index contributed by atoms with van der Waals surface area (Å²) in [6.45, 7) is 0.0712. The van der Waals surface area contributed by atoms with Crippen molar-refractivity contribution in [1.82, 2.24) is 10.2 Å². The van der Waals surface area contributed by atoms with E-state index in [4.69, 9.17) is 9.84 Å². The molecule has 1 aliphatic carbocycles. The zero-order valence-electron chi connectivity index (χ0n) is 16.9. The molecule has 2 amide bonds. The van der Waals surface area contributed by atoms with Gasteiger partial charge in [-0.1, -0.05) is 48.5 Å². The monoisotopic (exact) mass is 424 g/mol. The van der Waals surface area contributed by atoms with Crippen LogP contribution in [0.2, 0.25) is 0 Å². The number of carboxylic acid groups (broad SMARTS) is 1. The molecule has 4 rings (SSSR count). The van der Waals surface area contributed by atoms with E-state index in [1.807, 2.05) is 36.4 Å². The zero-order valence-corrected chi connectivity index (χ0v) is 16.9. The lowest BCUT2D eigenvalue weighted by Gasteiger charge is -2.43. The summed E-state index contributed by atoms with van der Waals surface area (Å²) in [7, 11) is 0. The Morgan fingerprint density at radius 2 is 1.61 bits per heavy atom. The Kier molecular flexibility index (Phi) is 5.65. The van der Waals surface area contributed by atoms with Gasteiger partial charge in [0.25, 0.3) is 0 Å². The normalized spacial score (nSPS) is 16.1. The molecule has 1 saturated heterocycles. The van der Waals surface area contributed by atoms with Gasteiger partial charge in [-0.25, -0.2) is 9.59 Å². The number of carboxylic acids is 1. The van der Waals surface area contributed by atoms with E-state index in [9.17, 15) is 19.5 Å². The van der Waals surface area contributed by atoms with Gasteiger partial charge in [-0.3, -0.25) is 4.79 Å². The van der Waals surface area contributed by atoms with E-state index >= 15 is 0 Å². The first-order valence-electron chi connectivity index (χ1n) is 10.2. The molecule has 2 aromatic rings. The molecule has 8 heteroatoms. The van der Waals surface area contributed by atoms with Crippen LogP contribution in [-0.4, -0.2) is 64.9 Å². The highest BCUT2D eigenvalue weighted by atomic mass is 16.5. The average Bonchev–Trinajstić information content (AvgIpc) is 3.06. The molecule has 0 atom stereocenters. The van der Waals surface area contributed by atoms with Crippen LogP contribution in [0.1, 0.15) is 29.9 Å². The Morgan fingerprint density at radius 3 is 2.19 bits per heavy atom. The molecule has 1 fully saturated rings. The molecule has 1 aliphatic heterocycles. The summed E-state index contributed by atoms with van der Waals surface area (Å²) < 4.78 is 5.44. The van der Waals surface area contributed by atoms with Crippen molar-refractivity contribution in [2.45, 2.75) is 24.4 Å². The highest BCUT2D eigenvalue weighted by Gasteiger charge is 2.49. The number of ether oxygens (including phenoxy) is 1. The molecular formula is C23H24N2O6. The van der Waals surface area contributed by atoms with Gasteiger partial charge in [-0.15, -0.1) is 0 Å². The largest absolute Gasteiger partial charge is 0.479 e. The van der Waals surface area contributed by atoms with Crippen LogP contribution in [-0.2, 0) is 14.3 Å². The van der Waals surface area contributed by atoms with Crippen LogP contribution >= 0.6 is 0 Å². The molecule has 0 spiro atoms. The Morgan fingerprint density at radius 1 is 1.03 bits per heavy atom. The minimum Gasteiger partial charge on any atom is -0.479 e. The number of hydrogen-bond acceptors (Lipinski definition) is 5. The number of nitrogens with zero attached hydrogens (tertiary/aromatic N) is 1. The van der Waals surface area contributed by atoms with Crippen LogP contribution in [0, 0.1) is 0 Å². The maximum atomic E-state index is 12.1. The van der Waals surface area contributed by atoms with E-state index in [0.717, 1.165) is 22.3 Å². The zero-order chi connectivity index (χ0) is 22.0. The molecule has 0 saturated carbocycles. The Balaban J connectivity index is 1.20. The Labute approximate surface area is 179 Å². The maximum absolute atomic E-state index is 12.1. The number of carbonyl (C=O) groups excluding carboxylic acids is 2. The number of alkyl carbamates (subject to hydrolysis) is 1. The average molecular weight is 424 g/mol. The van der Waals surface area contributed by atoms with Gasteiger partial charge in [-0.05, 0) is 28.7 Å². The van der Waals surface area contributed by atoms with Crippen molar-refractivity contribution >= 4 is 18.0 Å². The highest BCUT2D eigenvalue weighted by molar-refractivity contribution is 5.85. The van der Waals surface area contributed by atoms with Crippen molar-refractivity contribution in [2.75, 3.05) is 26.2 Å². The second kappa shape index (κ2) is 8.39. The fourth-order valence-electron chi connectivity index (χ4n) is 4.13. The third-order valence-corrected chi connectivity index (χ3v) is 5.84. The molecule has 3 N–H and O–H groups in total. The maximum Gasteiger partial charge on any atom is 0.407 e. The lowest BCUT2D eigenvalue weighted by Crippen LogP contribution is -2.67. The van der Waals surface area contributed by atoms with Gasteiger partial charge in [0.1, 0.15) is 6.61 Å². The molecule has 0 radical (unpaired) electrons. The summed E-state index contributed by atoms with van der Waals surface area (Å²) in [5.41, 5.74) is 2.75. The number of hydrogen-bond donors (Lipinski definition) is 3. The van der Waals surface area contributed by atoms with Gasteiger partial charge in [-0.2, -0.15) is 0 Å². The minimum atomic E-state index is -1.84. The fourth-order valence-corrected chi connectivity index (χ4v) is 4.13. The van der Waals surface area contributed by atoms with Crippen molar-refractivity contribution in [2.24, 2.45) is 0 Å². The quantitative estimate of drug-likeness (QED) is 0.585. The lowest BCUT2D eigenvalue weighted by molar-refractivity contribution is -0.182. The van der Waals surface area contributed by atoms with Gasteiger partial charge >= 0.3 is 12.1 Å². The molecule has 31 heavy (non-hydrogen) atoms. The first kappa shape index (κ1) is 20.9. The van der Waals surface area contributed by atoms with Crippen molar-refractivity contribution in [3.8, 4) is 11.1 Å². The van der Waals surface area contributed by atoms with E-state index in [0.29, 0.717) is 6.42 Å². The summed E-state index contributed by atoms with van der Waals surface area (Å²) in [6.07, 6.45) is 0.00297. The molecule has 8 nitrogen and oxygen atoms in total. The van der Waals surface area contributed by atoms with E-state index < -0.39 is 17.7 Å². The second-order valence-electron chi connectivity index (χ2n) is 7.94. The predicted molar refractivity (Wildman–Crippen MR) is 111 cm³/mol. The number of rotatable bonds is 7. The molecule has 0 bridgehead atoms. The third-order valence-electron chi connectivity index (χ3n) is 5.84. The first-order chi connectivity index (χ1) is 14.9. The number of nitrogens with one attached hydrogen (secondary N) is 1.